The fourth-order valence-corrected chi connectivity index (χ4v) is 2.46. The maximum absolute atomic E-state index is 12.0. The third-order valence-corrected chi connectivity index (χ3v) is 3.75. The Morgan fingerprint density at radius 2 is 2.00 bits per heavy atom. The van der Waals surface area contributed by atoms with Gasteiger partial charge in [0.2, 0.25) is 0 Å². The molecule has 1 heterocycles. The van der Waals surface area contributed by atoms with Crippen LogP contribution in [0.1, 0.15) is 34.0 Å². The first-order valence-corrected chi connectivity index (χ1v) is 7.99. The van der Waals surface area contributed by atoms with Gasteiger partial charge >= 0.3 is 0 Å². The summed E-state index contributed by atoms with van der Waals surface area (Å²) in [5, 5.41) is 3.97. The maximum Gasteiger partial charge on any atom is 0.271 e. The van der Waals surface area contributed by atoms with E-state index in [-0.39, 0.29) is 5.91 Å². The molecule has 1 N–H and O–H groups in total. The lowest BCUT2D eigenvalue weighted by atomic mass is 10.2. The molecule has 0 aliphatic carbocycles. The van der Waals surface area contributed by atoms with Crippen molar-refractivity contribution in [3.05, 3.63) is 51.7 Å². The number of thiophene rings is 1. The molecule has 116 valence electrons. The minimum atomic E-state index is -0.236. The molecule has 22 heavy (non-hydrogen) atoms. The van der Waals surface area contributed by atoms with Crippen LogP contribution in [0, 0.1) is 12.8 Å². The Labute approximate surface area is 134 Å². The Morgan fingerprint density at radius 3 is 2.59 bits per heavy atom. The van der Waals surface area contributed by atoms with Crippen molar-refractivity contribution in [2.24, 2.45) is 11.0 Å². The summed E-state index contributed by atoms with van der Waals surface area (Å²) in [6.07, 6.45) is 1.65. The first-order valence-electron chi connectivity index (χ1n) is 7.17. The van der Waals surface area contributed by atoms with Crippen molar-refractivity contribution in [3.63, 3.8) is 0 Å². The molecule has 0 spiro atoms. The van der Waals surface area contributed by atoms with Gasteiger partial charge in [-0.15, -0.1) is 11.3 Å². The summed E-state index contributed by atoms with van der Waals surface area (Å²) in [7, 11) is 0. The van der Waals surface area contributed by atoms with E-state index in [9.17, 15) is 4.79 Å². The number of rotatable bonds is 6. The lowest BCUT2D eigenvalue weighted by molar-refractivity contribution is 0.0955. The van der Waals surface area contributed by atoms with Gasteiger partial charge < -0.3 is 4.74 Å². The van der Waals surface area contributed by atoms with E-state index >= 15 is 0 Å². The third kappa shape index (κ3) is 5.00. The molecular formula is C17H20N2O2S. The van der Waals surface area contributed by atoms with Gasteiger partial charge in [0, 0.05) is 15.3 Å². The largest absolute Gasteiger partial charge is 0.493 e. The van der Waals surface area contributed by atoms with Gasteiger partial charge in [-0.1, -0.05) is 13.8 Å². The molecule has 0 bridgehead atoms. The van der Waals surface area contributed by atoms with Crippen LogP contribution in [0.5, 0.6) is 5.75 Å². The number of nitrogens with one attached hydrogen (secondary N) is 1. The molecule has 1 aromatic carbocycles. The topological polar surface area (TPSA) is 50.7 Å². The lowest BCUT2D eigenvalue weighted by Crippen LogP contribution is -2.17. The maximum atomic E-state index is 12.0. The van der Waals surface area contributed by atoms with Gasteiger partial charge in [-0.3, -0.25) is 4.79 Å². The Morgan fingerprint density at radius 1 is 1.27 bits per heavy atom. The quantitative estimate of drug-likeness (QED) is 0.650. The molecule has 0 saturated carbocycles. The van der Waals surface area contributed by atoms with Crippen LogP contribution in [-0.4, -0.2) is 18.7 Å². The Balaban J connectivity index is 1.88. The highest BCUT2D eigenvalue weighted by Crippen LogP contribution is 2.14. The molecule has 0 atom stereocenters. The number of hydrogen-bond donors (Lipinski definition) is 1. The summed E-state index contributed by atoms with van der Waals surface area (Å²) in [5.41, 5.74) is 3.07. The Kier molecular flexibility index (Phi) is 5.72. The number of amides is 1. The first-order chi connectivity index (χ1) is 10.5. The zero-order valence-corrected chi connectivity index (χ0v) is 13.8. The second-order valence-corrected chi connectivity index (χ2v) is 6.70. The number of carbonyl (C=O) groups excluding carboxylic acids is 1. The number of nitrogens with zero attached hydrogens (tertiary/aromatic N) is 1. The number of hydrogen-bond acceptors (Lipinski definition) is 4. The summed E-state index contributed by atoms with van der Waals surface area (Å²) in [5.74, 6) is 1.00. The van der Waals surface area contributed by atoms with E-state index in [2.05, 4.69) is 24.4 Å². The summed E-state index contributed by atoms with van der Waals surface area (Å²) in [6, 6.07) is 11.0. The number of aryl methyl sites for hydroxylation is 1. The average molecular weight is 316 g/mol. The predicted octanol–water partition coefficient (Wildman–Crippen LogP) is 3.86. The van der Waals surface area contributed by atoms with Gasteiger partial charge in [0.25, 0.3) is 5.91 Å². The molecule has 2 rings (SSSR count). The van der Waals surface area contributed by atoms with Crippen LogP contribution in [0.3, 0.4) is 0 Å². The van der Waals surface area contributed by atoms with Crippen LogP contribution < -0.4 is 10.2 Å². The first kappa shape index (κ1) is 16.2. The van der Waals surface area contributed by atoms with Crippen molar-refractivity contribution in [1.29, 1.82) is 0 Å². The second kappa shape index (κ2) is 7.75. The number of benzene rings is 1. The zero-order chi connectivity index (χ0) is 15.9. The molecule has 5 heteroatoms. The fraction of sp³-hybridized carbons (Fsp3) is 0.294. The molecule has 0 fully saturated rings. The standard InChI is InChI=1S/C17H20N2O2S/c1-12(2)11-21-15-7-5-14(6-8-15)17(20)19-18-10-16-9-4-13(3)22-16/h4-10,12H,11H2,1-3H3,(H,19,20)/b18-10+. The van der Waals surface area contributed by atoms with Gasteiger partial charge in [-0.05, 0) is 49.2 Å². The minimum absolute atomic E-state index is 0.236. The smallest absolute Gasteiger partial charge is 0.271 e. The van der Waals surface area contributed by atoms with Crippen molar-refractivity contribution in [2.45, 2.75) is 20.8 Å². The minimum Gasteiger partial charge on any atom is -0.493 e. The zero-order valence-electron chi connectivity index (χ0n) is 13.0. The van der Waals surface area contributed by atoms with Gasteiger partial charge in [-0.2, -0.15) is 5.10 Å². The Bertz CT molecular complexity index is 645. The number of hydrazone groups is 1. The van der Waals surface area contributed by atoms with E-state index in [1.807, 2.05) is 19.1 Å². The summed E-state index contributed by atoms with van der Waals surface area (Å²) < 4.78 is 5.58. The molecule has 0 unspecified atom stereocenters. The lowest BCUT2D eigenvalue weighted by Gasteiger charge is -2.08. The van der Waals surface area contributed by atoms with Gasteiger partial charge in [0.15, 0.2) is 0 Å². The van der Waals surface area contributed by atoms with Crippen molar-refractivity contribution < 1.29 is 9.53 Å². The van der Waals surface area contributed by atoms with Crippen LogP contribution >= 0.6 is 11.3 Å². The van der Waals surface area contributed by atoms with Crippen LogP contribution in [0.4, 0.5) is 0 Å². The number of carbonyl (C=O) groups is 1. The van der Waals surface area contributed by atoms with Crippen LogP contribution in [0.2, 0.25) is 0 Å². The molecule has 0 aliphatic rings. The van der Waals surface area contributed by atoms with E-state index in [0.29, 0.717) is 18.1 Å². The normalized spacial score (nSPS) is 11.1. The molecule has 2 aromatic rings. The van der Waals surface area contributed by atoms with Crippen LogP contribution in [-0.2, 0) is 0 Å². The van der Waals surface area contributed by atoms with Crippen molar-refractivity contribution >= 4 is 23.5 Å². The monoisotopic (exact) mass is 316 g/mol. The summed E-state index contributed by atoms with van der Waals surface area (Å²) in [4.78, 5) is 14.2. The Hall–Kier alpha value is -2.14. The molecule has 4 nitrogen and oxygen atoms in total. The van der Waals surface area contributed by atoms with Crippen molar-refractivity contribution in [2.75, 3.05) is 6.61 Å². The third-order valence-electron chi connectivity index (χ3n) is 2.82. The van der Waals surface area contributed by atoms with Crippen molar-refractivity contribution in [3.8, 4) is 5.75 Å². The van der Waals surface area contributed by atoms with E-state index in [4.69, 9.17) is 4.74 Å². The van der Waals surface area contributed by atoms with Gasteiger partial charge in [-0.25, -0.2) is 5.43 Å². The summed E-state index contributed by atoms with van der Waals surface area (Å²) in [6.45, 7) is 6.88. The van der Waals surface area contributed by atoms with E-state index in [0.717, 1.165) is 10.6 Å². The van der Waals surface area contributed by atoms with Gasteiger partial charge in [0.05, 0.1) is 12.8 Å². The molecular weight excluding hydrogens is 296 g/mol. The molecule has 1 amide bonds. The number of ether oxygens (including phenoxy) is 1. The highest BCUT2D eigenvalue weighted by Gasteiger charge is 2.05. The van der Waals surface area contributed by atoms with Crippen LogP contribution in [0.15, 0.2) is 41.5 Å². The van der Waals surface area contributed by atoms with Gasteiger partial charge in [0.1, 0.15) is 5.75 Å². The molecule has 1 aromatic heterocycles. The molecule has 0 aliphatic heterocycles. The van der Waals surface area contributed by atoms with Crippen molar-refractivity contribution in [1.82, 2.24) is 5.43 Å². The highest BCUT2D eigenvalue weighted by molar-refractivity contribution is 7.13. The SMILES string of the molecule is Cc1ccc(/C=N/NC(=O)c2ccc(OCC(C)C)cc2)s1. The average Bonchev–Trinajstić information content (AvgIpc) is 2.91. The van der Waals surface area contributed by atoms with Crippen LogP contribution in [0.25, 0.3) is 0 Å². The molecule has 0 saturated heterocycles. The fourth-order valence-electron chi connectivity index (χ4n) is 1.71. The second-order valence-electron chi connectivity index (χ2n) is 5.38. The predicted molar refractivity (Wildman–Crippen MR) is 90.9 cm³/mol. The highest BCUT2D eigenvalue weighted by atomic mass is 32.1. The summed E-state index contributed by atoms with van der Waals surface area (Å²) >= 11 is 1.63. The van der Waals surface area contributed by atoms with E-state index in [1.54, 1.807) is 41.8 Å². The van der Waals surface area contributed by atoms with E-state index in [1.165, 1.54) is 4.88 Å². The molecule has 0 radical (unpaired) electrons. The van der Waals surface area contributed by atoms with E-state index < -0.39 is 0 Å².